The maximum Gasteiger partial charge on any atom is 0.295 e. The molecule has 0 saturated carbocycles. The number of hydrogen-bond donors (Lipinski definition) is 2. The lowest BCUT2D eigenvalue weighted by atomic mass is 9.94. The van der Waals surface area contributed by atoms with E-state index in [4.69, 9.17) is 9.47 Å². The predicted molar refractivity (Wildman–Crippen MR) is 134 cm³/mol. The smallest absolute Gasteiger partial charge is 0.295 e. The predicted octanol–water partition coefficient (Wildman–Crippen LogP) is 3.87. The molecule has 1 aliphatic rings. The molecule has 8 heteroatoms. The van der Waals surface area contributed by atoms with Crippen LogP contribution in [0.5, 0.6) is 17.2 Å². The van der Waals surface area contributed by atoms with Gasteiger partial charge < -0.3 is 29.5 Å². The number of unbranched alkanes of at least 4 members (excludes halogenated alkanes) is 1. The number of likely N-dealkylation sites (tertiary alicyclic amines) is 1. The molecule has 188 valence electrons. The Kier molecular flexibility index (Phi) is 8.40. The highest BCUT2D eigenvalue weighted by Gasteiger charge is 2.46. The number of rotatable bonds is 10. The van der Waals surface area contributed by atoms with Crippen LogP contribution < -0.4 is 9.47 Å². The Hall–Kier alpha value is -3.52. The first-order valence-corrected chi connectivity index (χ1v) is 11.7. The zero-order valence-electron chi connectivity index (χ0n) is 21.0. The molecule has 1 heterocycles. The summed E-state index contributed by atoms with van der Waals surface area (Å²) in [6, 6.07) is 9.03. The number of ketones is 1. The Bertz CT molecular complexity index is 1120. The zero-order valence-corrected chi connectivity index (χ0v) is 21.0. The molecular weight excluding hydrogens is 448 g/mol. The molecule has 0 radical (unpaired) electrons. The van der Waals surface area contributed by atoms with Crippen molar-refractivity contribution in [2.75, 3.05) is 40.9 Å². The summed E-state index contributed by atoms with van der Waals surface area (Å²) in [6.07, 6.45) is 1.96. The molecule has 0 aliphatic carbocycles. The van der Waals surface area contributed by atoms with Crippen LogP contribution in [0.1, 0.15) is 42.5 Å². The maximum atomic E-state index is 13.2. The van der Waals surface area contributed by atoms with Crippen LogP contribution in [0.4, 0.5) is 0 Å². The van der Waals surface area contributed by atoms with E-state index in [2.05, 4.69) is 6.92 Å². The number of aromatic hydroxyl groups is 1. The summed E-state index contributed by atoms with van der Waals surface area (Å²) in [5.74, 6) is -0.820. The van der Waals surface area contributed by atoms with Gasteiger partial charge in [0.05, 0.1) is 25.3 Å². The molecule has 1 aliphatic heterocycles. The van der Waals surface area contributed by atoms with Gasteiger partial charge in [0.15, 0.2) is 11.5 Å². The van der Waals surface area contributed by atoms with Gasteiger partial charge in [-0.2, -0.15) is 0 Å². The van der Waals surface area contributed by atoms with Gasteiger partial charge in [-0.3, -0.25) is 9.59 Å². The molecular formula is C27H34N2O6. The number of phenolic OH excluding ortho intramolecular Hbond substituents is 1. The summed E-state index contributed by atoms with van der Waals surface area (Å²) in [4.78, 5) is 29.6. The van der Waals surface area contributed by atoms with E-state index in [1.54, 1.807) is 30.3 Å². The van der Waals surface area contributed by atoms with Gasteiger partial charge in [0, 0.05) is 18.7 Å². The van der Waals surface area contributed by atoms with Gasteiger partial charge in [-0.15, -0.1) is 0 Å². The SMILES string of the molecule is CCCCOc1ccc(C(O)=C2C(=O)C(=O)N(CCN(C)C)[C@@H]2c2ccc(O)c(OC)c2)cc1C. The van der Waals surface area contributed by atoms with E-state index in [-0.39, 0.29) is 29.4 Å². The number of nitrogens with zero attached hydrogens (tertiary/aromatic N) is 2. The Labute approximate surface area is 206 Å². The molecule has 1 saturated heterocycles. The van der Waals surface area contributed by atoms with Crippen molar-refractivity contribution in [3.63, 3.8) is 0 Å². The number of likely N-dealkylation sites (N-methyl/N-ethyl adjacent to an activating group) is 1. The minimum absolute atomic E-state index is 0.000510. The van der Waals surface area contributed by atoms with E-state index in [9.17, 15) is 19.8 Å². The number of aliphatic hydroxyl groups excluding tert-OH is 1. The standard InChI is InChI=1S/C27H34N2O6/c1-6-7-14-35-21-11-9-19(15-17(21)2)25(31)23-24(18-8-10-20(30)22(16-18)34-5)29(13-12-28(3)4)27(33)26(23)32/h8-11,15-16,24,30-31H,6-7,12-14H2,1-5H3/t24-/m1/s1. The number of aliphatic hydroxyl groups is 1. The second kappa shape index (κ2) is 11.3. The normalized spacial score (nSPS) is 17.3. The van der Waals surface area contributed by atoms with Gasteiger partial charge in [0.2, 0.25) is 0 Å². The second-order valence-corrected chi connectivity index (χ2v) is 8.91. The number of methoxy groups -OCH3 is 1. The van der Waals surface area contributed by atoms with E-state index in [1.807, 2.05) is 25.9 Å². The third-order valence-corrected chi connectivity index (χ3v) is 6.05. The van der Waals surface area contributed by atoms with E-state index >= 15 is 0 Å². The molecule has 35 heavy (non-hydrogen) atoms. The summed E-state index contributed by atoms with van der Waals surface area (Å²) in [6.45, 7) is 5.37. The molecule has 2 N–H and O–H groups in total. The Morgan fingerprint density at radius 2 is 1.86 bits per heavy atom. The van der Waals surface area contributed by atoms with Gasteiger partial charge in [-0.1, -0.05) is 19.4 Å². The monoisotopic (exact) mass is 482 g/mol. The Balaban J connectivity index is 2.10. The Morgan fingerprint density at radius 1 is 1.11 bits per heavy atom. The number of ether oxygens (including phenoxy) is 2. The minimum Gasteiger partial charge on any atom is -0.507 e. The topological polar surface area (TPSA) is 99.5 Å². The summed E-state index contributed by atoms with van der Waals surface area (Å²) < 4.78 is 11.0. The molecule has 0 spiro atoms. The van der Waals surface area contributed by atoms with E-state index in [0.717, 1.165) is 18.4 Å². The van der Waals surface area contributed by atoms with Crippen molar-refractivity contribution in [2.45, 2.75) is 32.7 Å². The van der Waals surface area contributed by atoms with E-state index in [0.29, 0.717) is 30.0 Å². The molecule has 0 bridgehead atoms. The third-order valence-electron chi connectivity index (χ3n) is 6.05. The number of Topliss-reactive ketones (excluding diaryl/α,β-unsaturated/α-hetero) is 1. The highest BCUT2D eigenvalue weighted by atomic mass is 16.5. The fourth-order valence-corrected chi connectivity index (χ4v) is 4.07. The lowest BCUT2D eigenvalue weighted by Crippen LogP contribution is -2.35. The molecule has 0 aromatic heterocycles. The first kappa shape index (κ1) is 26.1. The summed E-state index contributed by atoms with van der Waals surface area (Å²) >= 11 is 0. The van der Waals surface area contributed by atoms with Gasteiger partial charge in [0.1, 0.15) is 11.5 Å². The van der Waals surface area contributed by atoms with Crippen molar-refractivity contribution in [3.05, 3.63) is 58.7 Å². The average molecular weight is 483 g/mol. The molecule has 1 fully saturated rings. The molecule has 0 unspecified atom stereocenters. The third kappa shape index (κ3) is 5.59. The fourth-order valence-electron chi connectivity index (χ4n) is 4.07. The lowest BCUT2D eigenvalue weighted by molar-refractivity contribution is -0.140. The number of phenols is 1. The summed E-state index contributed by atoms with van der Waals surface area (Å²) in [5, 5.41) is 21.4. The minimum atomic E-state index is -0.828. The van der Waals surface area contributed by atoms with Gasteiger partial charge in [-0.05, 0) is 68.9 Å². The highest BCUT2D eigenvalue weighted by Crippen LogP contribution is 2.42. The number of amides is 1. The van der Waals surface area contributed by atoms with Crippen molar-refractivity contribution >= 4 is 17.4 Å². The van der Waals surface area contributed by atoms with Crippen LogP contribution in [0.25, 0.3) is 5.76 Å². The Morgan fingerprint density at radius 3 is 2.49 bits per heavy atom. The second-order valence-electron chi connectivity index (χ2n) is 8.91. The largest absolute Gasteiger partial charge is 0.507 e. The van der Waals surface area contributed by atoms with Crippen molar-refractivity contribution in [3.8, 4) is 17.2 Å². The quantitative estimate of drug-likeness (QED) is 0.230. The molecule has 8 nitrogen and oxygen atoms in total. The van der Waals surface area contributed by atoms with Crippen LogP contribution >= 0.6 is 0 Å². The van der Waals surface area contributed by atoms with Gasteiger partial charge in [0.25, 0.3) is 11.7 Å². The number of carbonyl (C=O) groups is 2. The van der Waals surface area contributed by atoms with Crippen LogP contribution in [-0.2, 0) is 9.59 Å². The van der Waals surface area contributed by atoms with E-state index < -0.39 is 17.7 Å². The maximum absolute atomic E-state index is 13.2. The number of benzene rings is 2. The van der Waals surface area contributed by atoms with Gasteiger partial charge >= 0.3 is 0 Å². The number of carbonyl (C=O) groups excluding carboxylic acids is 2. The van der Waals surface area contributed by atoms with Crippen LogP contribution in [-0.4, -0.2) is 72.6 Å². The average Bonchev–Trinajstić information content (AvgIpc) is 3.08. The highest BCUT2D eigenvalue weighted by molar-refractivity contribution is 6.46. The molecule has 2 aromatic carbocycles. The number of aryl methyl sites for hydroxylation is 1. The van der Waals surface area contributed by atoms with Crippen molar-refractivity contribution in [1.29, 1.82) is 0 Å². The molecule has 1 amide bonds. The lowest BCUT2D eigenvalue weighted by Gasteiger charge is -2.27. The molecule has 1 atom stereocenters. The summed E-state index contributed by atoms with van der Waals surface area (Å²) in [7, 11) is 5.18. The first-order chi connectivity index (χ1) is 16.7. The molecule has 2 aromatic rings. The van der Waals surface area contributed by atoms with Gasteiger partial charge in [-0.25, -0.2) is 0 Å². The fraction of sp³-hybridized carbons (Fsp3) is 0.407. The van der Waals surface area contributed by atoms with Crippen LogP contribution in [0, 0.1) is 6.92 Å². The van der Waals surface area contributed by atoms with Crippen LogP contribution in [0.2, 0.25) is 0 Å². The number of hydrogen-bond acceptors (Lipinski definition) is 7. The van der Waals surface area contributed by atoms with Crippen LogP contribution in [0.15, 0.2) is 42.0 Å². The van der Waals surface area contributed by atoms with E-state index in [1.165, 1.54) is 18.1 Å². The van der Waals surface area contributed by atoms with Crippen LogP contribution in [0.3, 0.4) is 0 Å². The summed E-state index contributed by atoms with van der Waals surface area (Å²) in [5.41, 5.74) is 1.79. The van der Waals surface area contributed by atoms with Crippen molar-refractivity contribution in [2.24, 2.45) is 0 Å². The molecule has 3 rings (SSSR count). The van der Waals surface area contributed by atoms with Crippen molar-refractivity contribution in [1.82, 2.24) is 9.80 Å². The van der Waals surface area contributed by atoms with Crippen molar-refractivity contribution < 1.29 is 29.3 Å². The first-order valence-electron chi connectivity index (χ1n) is 11.7. The zero-order chi connectivity index (χ0) is 25.7.